The second-order valence-corrected chi connectivity index (χ2v) is 8.52. The highest BCUT2D eigenvalue weighted by Gasteiger charge is 2.45. The molecule has 2 atom stereocenters. The zero-order valence-corrected chi connectivity index (χ0v) is 15.2. The lowest BCUT2D eigenvalue weighted by Crippen LogP contribution is -2.47. The molecule has 2 saturated heterocycles. The molecule has 24 heavy (non-hydrogen) atoms. The Morgan fingerprint density at radius 2 is 1.75 bits per heavy atom. The number of hydrogen-bond donors (Lipinski definition) is 0. The van der Waals surface area contributed by atoms with Crippen molar-refractivity contribution in [2.24, 2.45) is 0 Å². The van der Waals surface area contributed by atoms with Crippen molar-refractivity contribution >= 4 is 15.7 Å². The van der Waals surface area contributed by atoms with Crippen molar-refractivity contribution < 1.29 is 18.0 Å². The molecule has 1 aromatic carbocycles. The van der Waals surface area contributed by atoms with Gasteiger partial charge in [-0.25, -0.2) is 8.42 Å². The lowest BCUT2D eigenvalue weighted by atomic mass is 10.0. The van der Waals surface area contributed by atoms with Crippen LogP contribution in [0.4, 0.5) is 5.69 Å². The summed E-state index contributed by atoms with van der Waals surface area (Å²) in [4.78, 5) is 7.59. The number of benzene rings is 1. The van der Waals surface area contributed by atoms with Gasteiger partial charge < -0.3 is 9.64 Å². The smallest absolute Gasteiger partial charge is 0.221 e. The normalized spacial score (nSPS) is 26.6. The van der Waals surface area contributed by atoms with Crippen LogP contribution in [0.3, 0.4) is 0 Å². The van der Waals surface area contributed by atoms with Crippen LogP contribution in [-0.4, -0.2) is 77.1 Å². The predicted octanol–water partition coefficient (Wildman–Crippen LogP) is 0.701. The van der Waals surface area contributed by atoms with Gasteiger partial charge in [0.2, 0.25) is 10.0 Å². The molecule has 2 fully saturated rings. The van der Waals surface area contributed by atoms with Crippen LogP contribution in [0.25, 0.3) is 0 Å². The second kappa shape index (κ2) is 6.97. The van der Waals surface area contributed by atoms with Crippen LogP contribution in [0.15, 0.2) is 24.3 Å². The first-order valence-electron chi connectivity index (χ1n) is 8.11. The maximum absolute atomic E-state index is 13.0. The fourth-order valence-electron chi connectivity index (χ4n) is 3.23. The predicted molar refractivity (Wildman–Crippen MR) is 92.3 cm³/mol. The van der Waals surface area contributed by atoms with Gasteiger partial charge in [-0.15, -0.1) is 0 Å². The SMILES string of the molecule is CN(C)c1ccc(C2C(S(=O)(=O)N3CCOCC3)CON2C)cc1. The summed E-state index contributed by atoms with van der Waals surface area (Å²) in [6.45, 7) is 1.90. The minimum absolute atomic E-state index is 0.177. The van der Waals surface area contributed by atoms with Gasteiger partial charge in [0.05, 0.1) is 25.9 Å². The average Bonchev–Trinajstić information content (AvgIpc) is 2.98. The van der Waals surface area contributed by atoms with E-state index in [1.165, 1.54) is 4.31 Å². The quantitative estimate of drug-likeness (QED) is 0.792. The van der Waals surface area contributed by atoms with Gasteiger partial charge >= 0.3 is 0 Å². The van der Waals surface area contributed by atoms with Crippen LogP contribution in [0.1, 0.15) is 11.6 Å². The number of hydroxylamine groups is 2. The third-order valence-electron chi connectivity index (χ3n) is 4.65. The molecule has 7 nitrogen and oxygen atoms in total. The Morgan fingerprint density at radius 3 is 2.33 bits per heavy atom. The van der Waals surface area contributed by atoms with E-state index in [9.17, 15) is 8.42 Å². The summed E-state index contributed by atoms with van der Waals surface area (Å²) in [6.07, 6.45) is 0. The molecule has 0 spiro atoms. The summed E-state index contributed by atoms with van der Waals surface area (Å²) < 4.78 is 32.9. The summed E-state index contributed by atoms with van der Waals surface area (Å²) in [5.41, 5.74) is 2.02. The van der Waals surface area contributed by atoms with Crippen LogP contribution >= 0.6 is 0 Å². The van der Waals surface area contributed by atoms with Gasteiger partial charge in [0.25, 0.3) is 0 Å². The third-order valence-corrected chi connectivity index (χ3v) is 6.89. The lowest BCUT2D eigenvalue weighted by Gasteiger charge is -2.31. The van der Waals surface area contributed by atoms with Gasteiger partial charge in [-0.2, -0.15) is 9.37 Å². The molecule has 134 valence electrons. The monoisotopic (exact) mass is 355 g/mol. The average molecular weight is 355 g/mol. The zero-order chi connectivity index (χ0) is 17.3. The highest BCUT2D eigenvalue weighted by Crippen LogP contribution is 2.35. The first-order valence-corrected chi connectivity index (χ1v) is 9.61. The van der Waals surface area contributed by atoms with E-state index in [-0.39, 0.29) is 12.6 Å². The van der Waals surface area contributed by atoms with E-state index in [2.05, 4.69) is 0 Å². The van der Waals surface area contributed by atoms with Crippen LogP contribution in [-0.2, 0) is 19.6 Å². The lowest BCUT2D eigenvalue weighted by molar-refractivity contribution is -0.110. The number of nitrogens with zero attached hydrogens (tertiary/aromatic N) is 3. The van der Waals surface area contributed by atoms with E-state index < -0.39 is 15.3 Å². The summed E-state index contributed by atoms with van der Waals surface area (Å²) >= 11 is 0. The Hall–Kier alpha value is -1.19. The number of anilines is 1. The number of rotatable bonds is 4. The van der Waals surface area contributed by atoms with Crippen molar-refractivity contribution in [2.45, 2.75) is 11.3 Å². The Morgan fingerprint density at radius 1 is 1.12 bits per heavy atom. The molecule has 0 saturated carbocycles. The third kappa shape index (κ3) is 3.29. The molecule has 8 heteroatoms. The van der Waals surface area contributed by atoms with Crippen molar-refractivity contribution in [3.05, 3.63) is 29.8 Å². The van der Waals surface area contributed by atoms with Gasteiger partial charge in [0, 0.05) is 39.9 Å². The Balaban J connectivity index is 1.87. The minimum atomic E-state index is -3.44. The van der Waals surface area contributed by atoms with E-state index in [0.717, 1.165) is 11.3 Å². The molecule has 0 amide bonds. The summed E-state index contributed by atoms with van der Waals surface area (Å²) in [6, 6.07) is 7.65. The van der Waals surface area contributed by atoms with Crippen molar-refractivity contribution in [3.63, 3.8) is 0 Å². The largest absolute Gasteiger partial charge is 0.379 e. The van der Waals surface area contributed by atoms with Gasteiger partial charge in [-0.1, -0.05) is 12.1 Å². The summed E-state index contributed by atoms with van der Waals surface area (Å²) in [7, 11) is 2.30. The Labute approximate surface area is 143 Å². The first-order chi connectivity index (χ1) is 11.4. The van der Waals surface area contributed by atoms with E-state index in [1.807, 2.05) is 43.3 Å². The van der Waals surface area contributed by atoms with Crippen LogP contribution in [0, 0.1) is 0 Å². The molecule has 0 aliphatic carbocycles. The van der Waals surface area contributed by atoms with Crippen molar-refractivity contribution in [3.8, 4) is 0 Å². The van der Waals surface area contributed by atoms with Crippen LogP contribution in [0.5, 0.6) is 0 Å². The van der Waals surface area contributed by atoms with Gasteiger partial charge in [0.1, 0.15) is 5.25 Å². The van der Waals surface area contributed by atoms with Crippen molar-refractivity contribution in [1.82, 2.24) is 9.37 Å². The molecule has 0 radical (unpaired) electrons. The van der Waals surface area contributed by atoms with Gasteiger partial charge in [-0.3, -0.25) is 4.84 Å². The molecular formula is C16H25N3O4S. The number of morpholine rings is 1. The highest BCUT2D eigenvalue weighted by molar-refractivity contribution is 7.89. The fourth-order valence-corrected chi connectivity index (χ4v) is 5.16. The van der Waals surface area contributed by atoms with E-state index in [1.54, 1.807) is 12.1 Å². The molecule has 3 rings (SSSR count). The number of ether oxygens (including phenoxy) is 1. The molecule has 1 aromatic rings. The molecule has 2 heterocycles. The number of hydrogen-bond acceptors (Lipinski definition) is 6. The molecule has 0 N–H and O–H groups in total. The minimum Gasteiger partial charge on any atom is -0.379 e. The van der Waals surface area contributed by atoms with E-state index >= 15 is 0 Å². The van der Waals surface area contributed by atoms with Crippen molar-refractivity contribution in [2.75, 3.05) is 59.0 Å². The number of sulfonamides is 1. The maximum atomic E-state index is 13.0. The Kier molecular flexibility index (Phi) is 5.12. The molecular weight excluding hydrogens is 330 g/mol. The molecule has 0 bridgehead atoms. The highest BCUT2D eigenvalue weighted by atomic mass is 32.2. The molecule has 2 unspecified atom stereocenters. The summed E-state index contributed by atoms with van der Waals surface area (Å²) in [5.74, 6) is 0. The van der Waals surface area contributed by atoms with Crippen LogP contribution in [0.2, 0.25) is 0 Å². The first kappa shape index (κ1) is 17.6. The van der Waals surface area contributed by atoms with Gasteiger partial charge in [0.15, 0.2) is 0 Å². The standard InChI is InChI=1S/C16H25N3O4S/c1-17(2)14-6-4-13(5-7-14)16-15(12-23-18(16)3)24(20,21)19-8-10-22-11-9-19/h4-7,15-16H,8-12H2,1-3H3. The maximum Gasteiger partial charge on any atom is 0.221 e. The Bertz CT molecular complexity index is 656. The van der Waals surface area contributed by atoms with E-state index in [4.69, 9.17) is 9.57 Å². The van der Waals surface area contributed by atoms with E-state index in [0.29, 0.717) is 26.3 Å². The second-order valence-electron chi connectivity index (χ2n) is 6.37. The zero-order valence-electron chi connectivity index (χ0n) is 14.4. The van der Waals surface area contributed by atoms with Crippen LogP contribution < -0.4 is 4.90 Å². The molecule has 0 aromatic heterocycles. The molecule has 2 aliphatic rings. The summed E-state index contributed by atoms with van der Waals surface area (Å²) in [5, 5.41) is 1.05. The van der Waals surface area contributed by atoms with Gasteiger partial charge in [-0.05, 0) is 17.7 Å². The fraction of sp³-hybridized carbons (Fsp3) is 0.625. The van der Waals surface area contributed by atoms with Crippen molar-refractivity contribution in [1.29, 1.82) is 0 Å². The topological polar surface area (TPSA) is 62.3 Å². The molecule has 2 aliphatic heterocycles.